The van der Waals surface area contributed by atoms with Gasteiger partial charge in [0.25, 0.3) is 0 Å². The van der Waals surface area contributed by atoms with Crippen LogP contribution in [-0.2, 0) is 21.4 Å². The lowest BCUT2D eigenvalue weighted by Gasteiger charge is -2.13. The fourth-order valence-electron chi connectivity index (χ4n) is 2.18. The van der Waals surface area contributed by atoms with E-state index in [-0.39, 0.29) is 12.2 Å². The molecular weight excluding hydrogens is 358 g/mol. The average molecular weight is 377 g/mol. The molecule has 0 radical (unpaired) electrons. The van der Waals surface area contributed by atoms with Crippen LogP contribution < -0.4 is 4.72 Å². The summed E-state index contributed by atoms with van der Waals surface area (Å²) in [4.78, 5) is 24.4. The number of nitrogens with one attached hydrogen (secondary N) is 1. The van der Waals surface area contributed by atoms with Gasteiger partial charge in [0.2, 0.25) is 15.8 Å². The lowest BCUT2D eigenvalue weighted by Crippen LogP contribution is -2.24. The summed E-state index contributed by atoms with van der Waals surface area (Å²) in [5.41, 5.74) is 1.56. The number of anilines is 1. The number of hydrogen-bond acceptors (Lipinski definition) is 6. The molecule has 0 aliphatic rings. The summed E-state index contributed by atoms with van der Waals surface area (Å²) in [5, 5.41) is 8.99. The van der Waals surface area contributed by atoms with Crippen molar-refractivity contribution in [2.75, 3.05) is 11.0 Å². The van der Waals surface area contributed by atoms with Gasteiger partial charge in [0.1, 0.15) is 0 Å². The van der Waals surface area contributed by atoms with Crippen molar-refractivity contribution in [3.05, 3.63) is 65.2 Å². The molecule has 0 spiro atoms. The van der Waals surface area contributed by atoms with Gasteiger partial charge in [-0.25, -0.2) is 13.2 Å². The summed E-state index contributed by atoms with van der Waals surface area (Å²) in [6.07, 6.45) is 0.0227. The lowest BCUT2D eigenvalue weighted by atomic mass is 10.1. The number of ketones is 1. The topological polar surface area (TPSA) is 110 Å². The van der Waals surface area contributed by atoms with E-state index in [0.717, 1.165) is 6.26 Å². The molecule has 2 aromatic rings. The van der Waals surface area contributed by atoms with E-state index in [1.54, 1.807) is 12.1 Å². The second-order valence-electron chi connectivity index (χ2n) is 5.72. The van der Waals surface area contributed by atoms with Crippen LogP contribution in [0.2, 0.25) is 0 Å². The molecule has 0 aliphatic carbocycles. The smallest absolute Gasteiger partial charge is 0.338 e. The molecule has 0 fully saturated rings. The van der Waals surface area contributed by atoms with Crippen LogP contribution in [0.4, 0.5) is 5.69 Å². The molecule has 0 saturated heterocycles. The van der Waals surface area contributed by atoms with E-state index in [0.29, 0.717) is 16.8 Å². The maximum Gasteiger partial charge on any atom is 0.338 e. The summed E-state index contributed by atoms with van der Waals surface area (Å²) < 4.78 is 29.8. The third-order valence-electron chi connectivity index (χ3n) is 3.50. The van der Waals surface area contributed by atoms with Crippen LogP contribution >= 0.6 is 0 Å². The molecule has 138 valence electrons. The molecule has 0 amide bonds. The fraction of sp³-hybridized carbons (Fsp3) is 0.222. The first-order valence-corrected chi connectivity index (χ1v) is 9.61. The van der Waals surface area contributed by atoms with Crippen LogP contribution in [0.25, 0.3) is 0 Å². The molecule has 0 aliphatic heterocycles. The molecule has 0 bridgehead atoms. The van der Waals surface area contributed by atoms with Gasteiger partial charge in [0.05, 0.1) is 18.4 Å². The van der Waals surface area contributed by atoms with Crippen molar-refractivity contribution in [2.24, 2.45) is 0 Å². The van der Waals surface area contributed by atoms with Crippen LogP contribution in [0.15, 0.2) is 48.5 Å². The van der Waals surface area contributed by atoms with Gasteiger partial charge in [-0.3, -0.25) is 9.52 Å². The second-order valence-corrected chi connectivity index (χ2v) is 7.47. The predicted octanol–water partition coefficient (Wildman–Crippen LogP) is 1.98. The zero-order valence-corrected chi connectivity index (χ0v) is 15.1. The lowest BCUT2D eigenvalue weighted by molar-refractivity contribution is 0.0319. The Balaban J connectivity index is 2.03. The van der Waals surface area contributed by atoms with E-state index in [9.17, 15) is 18.0 Å². The Bertz CT molecular complexity index is 888. The standard InChI is InChI=1S/C18H19NO6S/c1-12(25-18(22)15-5-3-13(11-20)4-6-15)17(21)14-7-9-16(10-8-14)19-26(2,23)24/h3-10,12,19-20H,11H2,1-2H3/t12-/m0/s1. The Kier molecular flexibility index (Phi) is 6.12. The summed E-state index contributed by atoms with van der Waals surface area (Å²) in [6.45, 7) is 1.33. The van der Waals surface area contributed by atoms with Crippen molar-refractivity contribution in [3.63, 3.8) is 0 Å². The van der Waals surface area contributed by atoms with E-state index in [2.05, 4.69) is 4.72 Å². The molecule has 26 heavy (non-hydrogen) atoms. The molecule has 7 nitrogen and oxygen atoms in total. The van der Waals surface area contributed by atoms with Crippen molar-refractivity contribution >= 4 is 27.5 Å². The SMILES string of the molecule is C[C@H](OC(=O)c1ccc(CO)cc1)C(=O)c1ccc(NS(C)(=O)=O)cc1. The van der Waals surface area contributed by atoms with E-state index in [1.165, 1.54) is 43.3 Å². The minimum Gasteiger partial charge on any atom is -0.451 e. The summed E-state index contributed by atoms with van der Waals surface area (Å²) >= 11 is 0. The number of rotatable bonds is 7. The van der Waals surface area contributed by atoms with Crippen molar-refractivity contribution in [1.29, 1.82) is 0 Å². The van der Waals surface area contributed by atoms with Crippen molar-refractivity contribution < 1.29 is 27.9 Å². The van der Waals surface area contributed by atoms with Gasteiger partial charge in [-0.15, -0.1) is 0 Å². The molecule has 2 N–H and O–H groups in total. The predicted molar refractivity (Wildman–Crippen MR) is 96.5 cm³/mol. The molecule has 0 heterocycles. The van der Waals surface area contributed by atoms with Crippen LogP contribution in [0, 0.1) is 0 Å². The average Bonchev–Trinajstić information content (AvgIpc) is 2.60. The fourth-order valence-corrected chi connectivity index (χ4v) is 2.74. The van der Waals surface area contributed by atoms with Gasteiger partial charge in [0.15, 0.2) is 6.10 Å². The Morgan fingerprint density at radius 2 is 1.58 bits per heavy atom. The molecule has 0 saturated carbocycles. The summed E-state index contributed by atoms with van der Waals surface area (Å²) in [5.74, 6) is -1.05. The highest BCUT2D eigenvalue weighted by Gasteiger charge is 2.20. The van der Waals surface area contributed by atoms with E-state index >= 15 is 0 Å². The van der Waals surface area contributed by atoms with Gasteiger partial charge in [-0.1, -0.05) is 12.1 Å². The van der Waals surface area contributed by atoms with E-state index in [4.69, 9.17) is 9.84 Å². The highest BCUT2D eigenvalue weighted by Crippen LogP contribution is 2.14. The molecular formula is C18H19NO6S. The minimum absolute atomic E-state index is 0.131. The molecule has 2 rings (SSSR count). The van der Waals surface area contributed by atoms with Gasteiger partial charge in [0, 0.05) is 11.3 Å². The molecule has 8 heteroatoms. The van der Waals surface area contributed by atoms with Gasteiger partial charge in [-0.05, 0) is 48.9 Å². The Labute approximate surface area is 151 Å². The molecule has 2 aromatic carbocycles. The summed E-state index contributed by atoms with van der Waals surface area (Å²) in [6, 6.07) is 12.0. The number of ether oxygens (including phenoxy) is 1. The van der Waals surface area contributed by atoms with Crippen molar-refractivity contribution in [2.45, 2.75) is 19.6 Å². The number of esters is 1. The molecule has 1 atom stereocenters. The highest BCUT2D eigenvalue weighted by atomic mass is 32.2. The number of aliphatic hydroxyl groups excluding tert-OH is 1. The first-order chi connectivity index (χ1) is 12.2. The summed E-state index contributed by atoms with van der Waals surface area (Å²) in [7, 11) is -3.40. The third-order valence-corrected chi connectivity index (χ3v) is 4.10. The Morgan fingerprint density at radius 1 is 1.04 bits per heavy atom. The first-order valence-electron chi connectivity index (χ1n) is 7.72. The molecule has 0 aromatic heterocycles. The minimum atomic E-state index is -3.40. The number of Topliss-reactive ketones (excluding diaryl/α,β-unsaturated/α-hetero) is 1. The van der Waals surface area contributed by atoms with Crippen LogP contribution in [0.1, 0.15) is 33.2 Å². The number of benzene rings is 2. The number of aliphatic hydroxyl groups is 1. The van der Waals surface area contributed by atoms with Crippen LogP contribution in [0.5, 0.6) is 0 Å². The Hall–Kier alpha value is -2.71. The van der Waals surface area contributed by atoms with E-state index < -0.39 is 27.9 Å². The molecule has 0 unspecified atom stereocenters. The van der Waals surface area contributed by atoms with Crippen LogP contribution in [-0.4, -0.2) is 37.6 Å². The van der Waals surface area contributed by atoms with E-state index in [1.807, 2.05) is 0 Å². The van der Waals surface area contributed by atoms with Crippen LogP contribution in [0.3, 0.4) is 0 Å². The maximum absolute atomic E-state index is 12.4. The zero-order valence-electron chi connectivity index (χ0n) is 14.3. The largest absolute Gasteiger partial charge is 0.451 e. The van der Waals surface area contributed by atoms with Gasteiger partial charge < -0.3 is 9.84 Å². The Morgan fingerprint density at radius 3 is 2.08 bits per heavy atom. The highest BCUT2D eigenvalue weighted by molar-refractivity contribution is 7.92. The number of carbonyl (C=O) groups excluding carboxylic acids is 2. The normalized spacial score (nSPS) is 12.3. The number of sulfonamides is 1. The van der Waals surface area contributed by atoms with Gasteiger partial charge in [-0.2, -0.15) is 0 Å². The zero-order chi connectivity index (χ0) is 19.3. The maximum atomic E-state index is 12.4. The number of carbonyl (C=O) groups is 2. The first kappa shape index (κ1) is 19.6. The number of hydrogen-bond donors (Lipinski definition) is 2. The van der Waals surface area contributed by atoms with Gasteiger partial charge >= 0.3 is 5.97 Å². The van der Waals surface area contributed by atoms with Crippen molar-refractivity contribution in [1.82, 2.24) is 0 Å². The quantitative estimate of drug-likeness (QED) is 0.564. The van der Waals surface area contributed by atoms with Crippen molar-refractivity contribution in [3.8, 4) is 0 Å². The monoisotopic (exact) mass is 377 g/mol. The second kappa shape index (κ2) is 8.11. The third kappa shape index (κ3) is 5.40.